The number of thiocarbonyl (C=S) groups is 1. The Labute approximate surface area is 150 Å². The van der Waals surface area contributed by atoms with Gasteiger partial charge in [0.05, 0.1) is 4.92 Å². The molecule has 1 aliphatic heterocycles. The highest BCUT2D eigenvalue weighted by Crippen LogP contribution is 2.32. The van der Waals surface area contributed by atoms with E-state index in [-0.39, 0.29) is 11.9 Å². The standard InChI is InChI=1S/C17H19N3O4S/c1-18-14(10-11-7-8-15(21)13(9-11)20(23)24)16(22)19(17(18)25)12-5-3-2-4-6-12/h7-10,12,21H,2-6H2,1H3/b14-10-. The van der Waals surface area contributed by atoms with E-state index < -0.39 is 16.4 Å². The third kappa shape index (κ3) is 3.21. The maximum atomic E-state index is 12.9. The summed E-state index contributed by atoms with van der Waals surface area (Å²) in [5, 5.41) is 21.0. The molecule has 2 aliphatic rings. The van der Waals surface area contributed by atoms with Gasteiger partial charge in [0.15, 0.2) is 10.9 Å². The Bertz CT molecular complexity index is 771. The van der Waals surface area contributed by atoms with Crippen molar-refractivity contribution in [3.8, 4) is 5.75 Å². The third-order valence-corrected chi connectivity index (χ3v) is 5.20. The van der Waals surface area contributed by atoms with Gasteiger partial charge in [0.25, 0.3) is 5.91 Å². The van der Waals surface area contributed by atoms with Gasteiger partial charge in [-0.25, -0.2) is 0 Å². The van der Waals surface area contributed by atoms with Gasteiger partial charge >= 0.3 is 5.69 Å². The van der Waals surface area contributed by atoms with E-state index in [0.29, 0.717) is 16.4 Å². The summed E-state index contributed by atoms with van der Waals surface area (Å²) in [5.74, 6) is -0.576. The molecule has 1 aromatic rings. The topological polar surface area (TPSA) is 86.9 Å². The van der Waals surface area contributed by atoms with Crippen molar-refractivity contribution in [2.75, 3.05) is 7.05 Å². The normalized spacial score (nSPS) is 20.6. The van der Waals surface area contributed by atoms with Crippen molar-refractivity contribution < 1.29 is 14.8 Å². The number of aromatic hydroxyl groups is 1. The number of carbonyl (C=O) groups excluding carboxylic acids is 1. The van der Waals surface area contributed by atoms with Gasteiger partial charge in [-0.2, -0.15) is 0 Å². The molecule has 0 radical (unpaired) electrons. The zero-order valence-corrected chi connectivity index (χ0v) is 14.7. The number of rotatable bonds is 3. The number of likely N-dealkylation sites (N-methyl/N-ethyl adjacent to an activating group) is 1. The second-order valence-corrected chi connectivity index (χ2v) is 6.71. The molecule has 3 rings (SSSR count). The molecule has 1 saturated heterocycles. The van der Waals surface area contributed by atoms with Crippen molar-refractivity contribution >= 4 is 35.0 Å². The van der Waals surface area contributed by atoms with Crippen LogP contribution in [0.15, 0.2) is 23.9 Å². The van der Waals surface area contributed by atoms with Gasteiger partial charge in [0, 0.05) is 19.2 Å². The van der Waals surface area contributed by atoms with E-state index in [4.69, 9.17) is 12.2 Å². The van der Waals surface area contributed by atoms with Crippen LogP contribution in [0.2, 0.25) is 0 Å². The molecule has 7 nitrogen and oxygen atoms in total. The molecule has 8 heteroatoms. The molecule has 1 aromatic carbocycles. The van der Waals surface area contributed by atoms with Crippen LogP contribution in [0.3, 0.4) is 0 Å². The number of amides is 1. The summed E-state index contributed by atoms with van der Waals surface area (Å²) < 4.78 is 0. The second-order valence-electron chi connectivity index (χ2n) is 6.34. The minimum absolute atomic E-state index is 0.122. The van der Waals surface area contributed by atoms with Gasteiger partial charge in [0.1, 0.15) is 5.70 Å². The first-order valence-corrected chi connectivity index (χ1v) is 8.61. The first-order chi connectivity index (χ1) is 11.9. The molecule has 1 heterocycles. The van der Waals surface area contributed by atoms with Gasteiger partial charge in [-0.15, -0.1) is 0 Å². The number of phenolic OH excluding ortho intramolecular Hbond substituents is 1. The van der Waals surface area contributed by atoms with Gasteiger partial charge in [-0.1, -0.05) is 25.3 Å². The summed E-state index contributed by atoms with van der Waals surface area (Å²) in [6.45, 7) is 0. The smallest absolute Gasteiger partial charge is 0.311 e. The number of carbonyl (C=O) groups is 1. The fourth-order valence-electron chi connectivity index (χ4n) is 3.37. The van der Waals surface area contributed by atoms with Crippen LogP contribution >= 0.6 is 12.2 Å². The Morgan fingerprint density at radius 3 is 2.64 bits per heavy atom. The Hall–Kier alpha value is -2.48. The largest absolute Gasteiger partial charge is 0.502 e. The molecule has 1 N–H and O–H groups in total. The molecule has 1 aliphatic carbocycles. The average molecular weight is 361 g/mol. The number of benzene rings is 1. The average Bonchev–Trinajstić information content (AvgIpc) is 2.80. The summed E-state index contributed by atoms with van der Waals surface area (Å²) in [6.07, 6.45) is 6.81. The molecule has 1 amide bonds. The minimum Gasteiger partial charge on any atom is -0.502 e. The van der Waals surface area contributed by atoms with Crippen molar-refractivity contribution in [3.63, 3.8) is 0 Å². The Kier molecular flexibility index (Phi) is 4.71. The molecule has 1 saturated carbocycles. The highest BCUT2D eigenvalue weighted by molar-refractivity contribution is 7.80. The van der Waals surface area contributed by atoms with Crippen LogP contribution in [0, 0.1) is 10.1 Å². The Morgan fingerprint density at radius 1 is 1.32 bits per heavy atom. The number of phenols is 1. The van der Waals surface area contributed by atoms with Crippen molar-refractivity contribution in [1.82, 2.24) is 9.80 Å². The number of nitro benzene ring substituents is 1. The summed E-state index contributed by atoms with van der Waals surface area (Å²) in [6, 6.07) is 4.15. The molecular weight excluding hydrogens is 342 g/mol. The first kappa shape index (κ1) is 17.3. The summed E-state index contributed by atoms with van der Waals surface area (Å²) in [5.41, 5.74) is 0.456. The summed E-state index contributed by atoms with van der Waals surface area (Å²) in [7, 11) is 1.73. The van der Waals surface area contributed by atoms with Crippen LogP contribution in [-0.2, 0) is 4.79 Å². The molecule has 25 heavy (non-hydrogen) atoms. The molecule has 0 aromatic heterocycles. The van der Waals surface area contributed by atoms with Crippen molar-refractivity contribution in [3.05, 3.63) is 39.6 Å². The fraction of sp³-hybridized carbons (Fsp3) is 0.412. The molecule has 132 valence electrons. The lowest BCUT2D eigenvalue weighted by Crippen LogP contribution is -2.41. The number of nitrogens with zero attached hydrogens (tertiary/aromatic N) is 3. The van der Waals surface area contributed by atoms with Crippen LogP contribution in [-0.4, -0.2) is 43.9 Å². The van der Waals surface area contributed by atoms with Crippen LogP contribution < -0.4 is 0 Å². The molecule has 2 fully saturated rings. The number of nitro groups is 1. The Balaban J connectivity index is 1.93. The van der Waals surface area contributed by atoms with E-state index >= 15 is 0 Å². The van der Waals surface area contributed by atoms with Crippen LogP contribution in [0.5, 0.6) is 5.75 Å². The highest BCUT2D eigenvalue weighted by atomic mass is 32.1. The quantitative estimate of drug-likeness (QED) is 0.385. The van der Waals surface area contributed by atoms with E-state index in [1.807, 2.05) is 0 Å². The zero-order chi connectivity index (χ0) is 18.1. The first-order valence-electron chi connectivity index (χ1n) is 8.20. The summed E-state index contributed by atoms with van der Waals surface area (Å²) >= 11 is 5.44. The predicted octanol–water partition coefficient (Wildman–Crippen LogP) is 3.03. The van der Waals surface area contributed by atoms with Crippen LogP contribution in [0.1, 0.15) is 37.7 Å². The molecule has 0 atom stereocenters. The molecule has 0 unspecified atom stereocenters. The van der Waals surface area contributed by atoms with E-state index in [2.05, 4.69) is 0 Å². The van der Waals surface area contributed by atoms with E-state index in [1.54, 1.807) is 22.9 Å². The lowest BCUT2D eigenvalue weighted by molar-refractivity contribution is -0.385. The maximum absolute atomic E-state index is 12.9. The van der Waals surface area contributed by atoms with Crippen molar-refractivity contribution in [2.45, 2.75) is 38.1 Å². The lowest BCUT2D eigenvalue weighted by atomic mass is 9.94. The van der Waals surface area contributed by atoms with Crippen LogP contribution in [0.25, 0.3) is 6.08 Å². The highest BCUT2D eigenvalue weighted by Gasteiger charge is 2.40. The second kappa shape index (κ2) is 6.79. The zero-order valence-electron chi connectivity index (χ0n) is 13.8. The SMILES string of the molecule is CN1C(=S)N(C2CCCCC2)C(=O)/C1=C/c1ccc(O)c([N+](=O)[O-])c1. The minimum atomic E-state index is -0.656. The van der Waals surface area contributed by atoms with E-state index in [0.717, 1.165) is 25.7 Å². The van der Waals surface area contributed by atoms with E-state index in [9.17, 15) is 20.0 Å². The fourth-order valence-corrected chi connectivity index (χ4v) is 3.70. The van der Waals surface area contributed by atoms with Crippen LogP contribution in [0.4, 0.5) is 5.69 Å². The van der Waals surface area contributed by atoms with Gasteiger partial charge < -0.3 is 10.0 Å². The monoisotopic (exact) mass is 361 g/mol. The van der Waals surface area contributed by atoms with Crippen molar-refractivity contribution in [2.24, 2.45) is 0 Å². The third-order valence-electron chi connectivity index (χ3n) is 4.73. The predicted molar refractivity (Wildman–Crippen MR) is 96.8 cm³/mol. The van der Waals surface area contributed by atoms with Gasteiger partial charge in [0.2, 0.25) is 0 Å². The molecule has 0 bridgehead atoms. The number of hydrogen-bond acceptors (Lipinski definition) is 5. The maximum Gasteiger partial charge on any atom is 0.311 e. The van der Waals surface area contributed by atoms with Crippen molar-refractivity contribution in [1.29, 1.82) is 0 Å². The Morgan fingerprint density at radius 2 is 2.00 bits per heavy atom. The number of hydrogen-bond donors (Lipinski definition) is 1. The van der Waals surface area contributed by atoms with Gasteiger partial charge in [-0.3, -0.25) is 19.8 Å². The molecule has 0 spiro atoms. The van der Waals surface area contributed by atoms with Gasteiger partial charge in [-0.05, 0) is 42.8 Å². The van der Waals surface area contributed by atoms with E-state index in [1.165, 1.54) is 24.6 Å². The lowest BCUT2D eigenvalue weighted by Gasteiger charge is -2.30. The molecular formula is C17H19N3O4S. The summed E-state index contributed by atoms with van der Waals surface area (Å²) in [4.78, 5) is 26.5.